The number of esters is 1. The van der Waals surface area contributed by atoms with Gasteiger partial charge in [0.1, 0.15) is 16.6 Å². The first-order chi connectivity index (χ1) is 12.9. The SMILES string of the molecule is NC(=O)c1c(NC(=O)COC(=O)COc2ccc(F)cc2)sc2c1CCC2. The topological polar surface area (TPSA) is 108 Å². The number of hydrogen-bond donors (Lipinski definition) is 2. The van der Waals surface area contributed by atoms with E-state index >= 15 is 0 Å². The third kappa shape index (κ3) is 4.62. The van der Waals surface area contributed by atoms with Crippen LogP contribution in [-0.2, 0) is 27.2 Å². The lowest BCUT2D eigenvalue weighted by Gasteiger charge is -2.08. The number of hydrogen-bond acceptors (Lipinski definition) is 6. The van der Waals surface area contributed by atoms with Crippen LogP contribution in [0.1, 0.15) is 27.2 Å². The average molecular weight is 392 g/mol. The van der Waals surface area contributed by atoms with Gasteiger partial charge in [-0.05, 0) is 49.1 Å². The fraction of sp³-hybridized carbons (Fsp3) is 0.278. The van der Waals surface area contributed by atoms with E-state index in [-0.39, 0.29) is 0 Å². The highest BCUT2D eigenvalue weighted by Gasteiger charge is 2.26. The maximum Gasteiger partial charge on any atom is 0.344 e. The number of carbonyl (C=O) groups excluding carboxylic acids is 3. The molecule has 142 valence electrons. The van der Waals surface area contributed by atoms with Crippen LogP contribution in [0.3, 0.4) is 0 Å². The van der Waals surface area contributed by atoms with E-state index < -0.39 is 36.8 Å². The molecule has 3 rings (SSSR count). The van der Waals surface area contributed by atoms with Gasteiger partial charge < -0.3 is 20.5 Å². The summed E-state index contributed by atoms with van der Waals surface area (Å²) >= 11 is 1.32. The summed E-state index contributed by atoms with van der Waals surface area (Å²) in [6, 6.07) is 5.14. The number of nitrogens with one attached hydrogen (secondary N) is 1. The molecule has 0 aliphatic heterocycles. The normalized spacial score (nSPS) is 12.3. The van der Waals surface area contributed by atoms with E-state index in [1.165, 1.54) is 35.6 Å². The molecule has 1 aromatic carbocycles. The van der Waals surface area contributed by atoms with Gasteiger partial charge in [0.2, 0.25) is 0 Å². The van der Waals surface area contributed by atoms with Crippen molar-refractivity contribution in [1.82, 2.24) is 0 Å². The summed E-state index contributed by atoms with van der Waals surface area (Å²) in [4.78, 5) is 36.4. The maximum absolute atomic E-state index is 12.8. The minimum absolute atomic E-state index is 0.303. The van der Waals surface area contributed by atoms with Crippen molar-refractivity contribution in [2.24, 2.45) is 5.73 Å². The molecule has 1 aliphatic rings. The van der Waals surface area contributed by atoms with Crippen LogP contribution < -0.4 is 15.8 Å². The quantitative estimate of drug-likeness (QED) is 0.701. The molecular formula is C18H17FN2O5S. The Kier molecular flexibility index (Phi) is 5.70. The largest absolute Gasteiger partial charge is 0.482 e. The lowest BCUT2D eigenvalue weighted by Crippen LogP contribution is -2.24. The molecule has 0 saturated heterocycles. The number of benzene rings is 1. The monoisotopic (exact) mass is 392 g/mol. The van der Waals surface area contributed by atoms with Gasteiger partial charge in [0.15, 0.2) is 13.2 Å². The molecule has 2 amide bonds. The number of carbonyl (C=O) groups is 3. The van der Waals surface area contributed by atoms with Crippen molar-refractivity contribution < 1.29 is 28.2 Å². The fourth-order valence-electron chi connectivity index (χ4n) is 2.78. The molecule has 0 fully saturated rings. The number of ether oxygens (including phenoxy) is 2. The van der Waals surface area contributed by atoms with Crippen molar-refractivity contribution in [3.63, 3.8) is 0 Å². The van der Waals surface area contributed by atoms with Gasteiger partial charge >= 0.3 is 5.97 Å². The van der Waals surface area contributed by atoms with Gasteiger partial charge in [-0.3, -0.25) is 9.59 Å². The molecule has 0 saturated carbocycles. The zero-order chi connectivity index (χ0) is 19.4. The first-order valence-electron chi connectivity index (χ1n) is 8.22. The predicted octanol–water partition coefficient (Wildman–Crippen LogP) is 2.04. The van der Waals surface area contributed by atoms with Crippen LogP contribution in [0.5, 0.6) is 5.75 Å². The molecule has 0 spiro atoms. The second kappa shape index (κ2) is 8.17. The lowest BCUT2D eigenvalue weighted by molar-refractivity contribution is -0.149. The van der Waals surface area contributed by atoms with Crippen molar-refractivity contribution >= 4 is 34.1 Å². The Morgan fingerprint density at radius 1 is 1.15 bits per heavy atom. The summed E-state index contributed by atoms with van der Waals surface area (Å²) in [7, 11) is 0. The molecule has 1 heterocycles. The van der Waals surface area contributed by atoms with Crippen molar-refractivity contribution in [3.05, 3.63) is 46.1 Å². The average Bonchev–Trinajstić information content (AvgIpc) is 3.19. The minimum Gasteiger partial charge on any atom is -0.482 e. The predicted molar refractivity (Wildman–Crippen MR) is 96.3 cm³/mol. The van der Waals surface area contributed by atoms with Crippen LogP contribution in [0.25, 0.3) is 0 Å². The Morgan fingerprint density at radius 3 is 2.59 bits per heavy atom. The van der Waals surface area contributed by atoms with E-state index in [1.807, 2.05) is 0 Å². The number of primary amides is 1. The number of nitrogens with two attached hydrogens (primary N) is 1. The van der Waals surface area contributed by atoms with Gasteiger partial charge in [-0.2, -0.15) is 0 Å². The zero-order valence-electron chi connectivity index (χ0n) is 14.2. The number of rotatable bonds is 7. The van der Waals surface area contributed by atoms with E-state index in [0.717, 1.165) is 29.7 Å². The Bertz CT molecular complexity index is 879. The number of halogens is 1. The van der Waals surface area contributed by atoms with Crippen LogP contribution in [-0.4, -0.2) is 31.0 Å². The molecular weight excluding hydrogens is 375 g/mol. The number of fused-ring (bicyclic) bond motifs is 1. The minimum atomic E-state index is -0.752. The number of anilines is 1. The Balaban J connectivity index is 1.49. The summed E-state index contributed by atoms with van der Waals surface area (Å²) in [5.74, 6) is -2.03. The first-order valence-corrected chi connectivity index (χ1v) is 9.04. The Hall–Kier alpha value is -2.94. The molecule has 27 heavy (non-hydrogen) atoms. The van der Waals surface area contributed by atoms with E-state index in [9.17, 15) is 18.8 Å². The molecule has 0 atom stereocenters. The van der Waals surface area contributed by atoms with E-state index in [0.29, 0.717) is 16.3 Å². The van der Waals surface area contributed by atoms with Crippen molar-refractivity contribution in [2.45, 2.75) is 19.3 Å². The molecule has 0 unspecified atom stereocenters. The summed E-state index contributed by atoms with van der Waals surface area (Å²) in [6.07, 6.45) is 2.57. The highest BCUT2D eigenvalue weighted by Crippen LogP contribution is 2.38. The van der Waals surface area contributed by atoms with Gasteiger partial charge in [0, 0.05) is 4.88 Å². The van der Waals surface area contributed by atoms with Crippen LogP contribution >= 0.6 is 11.3 Å². The van der Waals surface area contributed by atoms with Crippen LogP contribution in [0.2, 0.25) is 0 Å². The van der Waals surface area contributed by atoms with Gasteiger partial charge in [-0.25, -0.2) is 9.18 Å². The third-order valence-electron chi connectivity index (χ3n) is 3.96. The molecule has 0 radical (unpaired) electrons. The van der Waals surface area contributed by atoms with Gasteiger partial charge in [0.25, 0.3) is 11.8 Å². The molecule has 2 aromatic rings. The van der Waals surface area contributed by atoms with Crippen LogP contribution in [0, 0.1) is 5.82 Å². The van der Waals surface area contributed by atoms with Crippen molar-refractivity contribution in [3.8, 4) is 5.75 Å². The van der Waals surface area contributed by atoms with Gasteiger partial charge in [-0.1, -0.05) is 0 Å². The highest BCUT2D eigenvalue weighted by molar-refractivity contribution is 7.17. The Labute approximate surface area is 158 Å². The van der Waals surface area contributed by atoms with Crippen molar-refractivity contribution in [2.75, 3.05) is 18.5 Å². The lowest BCUT2D eigenvalue weighted by atomic mass is 10.1. The van der Waals surface area contributed by atoms with E-state index in [4.69, 9.17) is 15.2 Å². The molecule has 0 bridgehead atoms. The van der Waals surface area contributed by atoms with Crippen LogP contribution in [0.4, 0.5) is 9.39 Å². The summed E-state index contributed by atoms with van der Waals surface area (Å²) in [5, 5.41) is 2.96. The maximum atomic E-state index is 12.8. The summed E-state index contributed by atoms with van der Waals surface area (Å²) in [5.41, 5.74) is 6.66. The fourth-order valence-corrected chi connectivity index (χ4v) is 4.09. The number of amides is 2. The molecule has 9 heteroatoms. The van der Waals surface area contributed by atoms with Gasteiger partial charge in [0.05, 0.1) is 5.56 Å². The van der Waals surface area contributed by atoms with Gasteiger partial charge in [-0.15, -0.1) is 11.3 Å². The first kappa shape index (κ1) is 18.8. The van der Waals surface area contributed by atoms with Crippen LogP contribution in [0.15, 0.2) is 24.3 Å². The number of aryl methyl sites for hydroxylation is 1. The van der Waals surface area contributed by atoms with Crippen molar-refractivity contribution in [1.29, 1.82) is 0 Å². The smallest absolute Gasteiger partial charge is 0.344 e. The summed E-state index contributed by atoms with van der Waals surface area (Å²) < 4.78 is 22.8. The molecule has 3 N–H and O–H groups in total. The summed E-state index contributed by atoms with van der Waals surface area (Å²) in [6.45, 7) is -0.939. The molecule has 7 nitrogen and oxygen atoms in total. The molecule has 1 aliphatic carbocycles. The molecule has 1 aromatic heterocycles. The highest BCUT2D eigenvalue weighted by atomic mass is 32.1. The second-order valence-corrected chi connectivity index (χ2v) is 6.98. The van der Waals surface area contributed by atoms with E-state index in [1.54, 1.807) is 0 Å². The number of thiophene rings is 1. The Morgan fingerprint density at radius 2 is 1.89 bits per heavy atom. The standard InChI is InChI=1S/C18H17FN2O5S/c19-10-4-6-11(7-5-10)25-9-15(23)26-8-14(22)21-18-16(17(20)24)12-2-1-3-13(12)27-18/h4-7H,1-3,8-9H2,(H2,20,24)(H,21,22). The zero-order valence-corrected chi connectivity index (χ0v) is 15.1. The third-order valence-corrected chi connectivity index (χ3v) is 5.16. The van der Waals surface area contributed by atoms with E-state index in [2.05, 4.69) is 5.32 Å². The second-order valence-electron chi connectivity index (χ2n) is 5.88.